The maximum atomic E-state index is 13.9. The number of amides is 3. The number of carbonyl (C=O) groups excluding carboxylic acids is 3. The van der Waals surface area contributed by atoms with Crippen molar-refractivity contribution in [2.75, 3.05) is 16.3 Å². The number of fused-ring (bicyclic) bond motifs is 1. The molecule has 0 atom stereocenters. The van der Waals surface area contributed by atoms with Gasteiger partial charge in [0, 0.05) is 35.2 Å². The van der Waals surface area contributed by atoms with Gasteiger partial charge in [-0.3, -0.25) is 24.4 Å². The van der Waals surface area contributed by atoms with Crippen molar-refractivity contribution in [3.8, 4) is 0 Å². The number of hydrogen-bond acceptors (Lipinski definition) is 4. The van der Waals surface area contributed by atoms with E-state index in [9.17, 15) is 14.4 Å². The largest absolute Gasteiger partial charge is 0.308 e. The molecule has 3 amide bonds. The molecule has 0 spiro atoms. The van der Waals surface area contributed by atoms with Crippen molar-refractivity contribution < 1.29 is 14.4 Å². The molecule has 0 bridgehead atoms. The molecular weight excluding hydrogens is 514 g/mol. The topological polar surface area (TPSA) is 89.6 Å². The number of nitrogens with zero attached hydrogens (tertiary/aromatic N) is 4. The van der Waals surface area contributed by atoms with Crippen LogP contribution < -0.4 is 9.80 Å². The molecule has 1 aliphatic heterocycles. The van der Waals surface area contributed by atoms with Crippen LogP contribution in [0.1, 0.15) is 44.9 Å². The van der Waals surface area contributed by atoms with Gasteiger partial charge in [-0.15, -0.1) is 0 Å². The summed E-state index contributed by atoms with van der Waals surface area (Å²) in [6.07, 6.45) is 4.55. The maximum Gasteiger partial charge on any atom is 0.268 e. The van der Waals surface area contributed by atoms with Gasteiger partial charge in [-0.05, 0) is 61.7 Å². The third kappa shape index (κ3) is 5.68. The third-order valence-electron chi connectivity index (χ3n) is 7.08. The normalized spacial score (nSPS) is 14.9. The molecule has 0 aliphatic carbocycles. The Bertz CT molecular complexity index is 1630. The number of aromatic nitrogens is 2. The van der Waals surface area contributed by atoms with Crippen LogP contribution in [0.25, 0.3) is 17.0 Å². The van der Waals surface area contributed by atoms with E-state index in [4.69, 9.17) is 0 Å². The first kappa shape index (κ1) is 27.6. The number of aromatic amines is 1. The summed E-state index contributed by atoms with van der Waals surface area (Å²) in [5.41, 5.74) is 3.70. The molecule has 1 aliphatic rings. The van der Waals surface area contributed by atoms with Crippen LogP contribution in [0.5, 0.6) is 0 Å². The number of rotatable bonds is 7. The Labute approximate surface area is 239 Å². The minimum Gasteiger partial charge on any atom is -0.308 e. The van der Waals surface area contributed by atoms with E-state index in [1.54, 1.807) is 17.0 Å². The van der Waals surface area contributed by atoms with Crippen LogP contribution in [-0.4, -0.2) is 45.4 Å². The fraction of sp³-hybridized carbons (Fsp3) is 0.212. The molecule has 0 fully saturated rings. The lowest BCUT2D eigenvalue weighted by atomic mass is 10.0. The second kappa shape index (κ2) is 11.6. The van der Waals surface area contributed by atoms with E-state index in [1.165, 1.54) is 33.8 Å². The molecule has 208 valence electrons. The van der Waals surface area contributed by atoms with E-state index in [0.29, 0.717) is 22.8 Å². The van der Waals surface area contributed by atoms with Gasteiger partial charge in [0.05, 0.1) is 11.2 Å². The SMILES string of the molecule is CC(C)c1ccc(N(C(=O)CN2C=CN(c3ccccc3)C(=O)C(=Cc3[nH]nc4ccccc34)C2=O)C(C)C)cc1. The number of nitrogens with one attached hydrogen (secondary N) is 1. The van der Waals surface area contributed by atoms with Gasteiger partial charge in [0.2, 0.25) is 5.91 Å². The van der Waals surface area contributed by atoms with Crippen LogP contribution >= 0.6 is 0 Å². The van der Waals surface area contributed by atoms with E-state index in [1.807, 2.05) is 80.6 Å². The second-order valence-electron chi connectivity index (χ2n) is 10.6. The van der Waals surface area contributed by atoms with Crippen LogP contribution in [0.4, 0.5) is 11.4 Å². The van der Waals surface area contributed by atoms with Crippen LogP contribution in [0.2, 0.25) is 0 Å². The first-order chi connectivity index (χ1) is 19.7. The Balaban J connectivity index is 1.52. The van der Waals surface area contributed by atoms with E-state index in [0.717, 1.165) is 11.1 Å². The van der Waals surface area contributed by atoms with Crippen molar-refractivity contribution in [2.45, 2.75) is 39.7 Å². The summed E-state index contributed by atoms with van der Waals surface area (Å²) in [4.78, 5) is 45.9. The summed E-state index contributed by atoms with van der Waals surface area (Å²) in [5.74, 6) is -0.969. The summed E-state index contributed by atoms with van der Waals surface area (Å²) >= 11 is 0. The Morgan fingerprint density at radius 2 is 1.56 bits per heavy atom. The Morgan fingerprint density at radius 3 is 2.24 bits per heavy atom. The van der Waals surface area contributed by atoms with Gasteiger partial charge in [-0.25, -0.2) is 0 Å². The quantitative estimate of drug-likeness (QED) is 0.232. The molecule has 0 saturated carbocycles. The molecule has 0 unspecified atom stereocenters. The number of hydrogen-bond donors (Lipinski definition) is 1. The average Bonchev–Trinajstić information content (AvgIpc) is 3.33. The second-order valence-corrected chi connectivity index (χ2v) is 10.6. The zero-order chi connectivity index (χ0) is 29.1. The summed E-state index contributed by atoms with van der Waals surface area (Å²) in [5, 5.41) is 8.02. The summed E-state index contributed by atoms with van der Waals surface area (Å²) in [6.45, 7) is 7.87. The number of para-hydroxylation sites is 2. The lowest BCUT2D eigenvalue weighted by molar-refractivity contribution is -0.131. The van der Waals surface area contributed by atoms with E-state index >= 15 is 0 Å². The molecular formula is C33H33N5O3. The minimum absolute atomic E-state index is 0.0848. The lowest BCUT2D eigenvalue weighted by Crippen LogP contribution is -2.44. The van der Waals surface area contributed by atoms with E-state index in [-0.39, 0.29) is 24.1 Å². The molecule has 8 nitrogen and oxygen atoms in total. The monoisotopic (exact) mass is 547 g/mol. The summed E-state index contributed by atoms with van der Waals surface area (Å²) in [6, 6.07) is 24.3. The van der Waals surface area contributed by atoms with Gasteiger partial charge < -0.3 is 9.80 Å². The van der Waals surface area contributed by atoms with Gasteiger partial charge in [0.15, 0.2) is 0 Å². The van der Waals surface area contributed by atoms with Crippen molar-refractivity contribution in [2.24, 2.45) is 0 Å². The molecule has 4 aromatic rings. The van der Waals surface area contributed by atoms with Gasteiger partial charge >= 0.3 is 0 Å². The van der Waals surface area contributed by atoms with E-state index in [2.05, 4.69) is 24.0 Å². The highest BCUT2D eigenvalue weighted by Crippen LogP contribution is 2.26. The van der Waals surface area contributed by atoms with Gasteiger partial charge in [-0.1, -0.05) is 62.4 Å². The Kier molecular flexibility index (Phi) is 7.83. The fourth-order valence-electron chi connectivity index (χ4n) is 4.90. The summed E-state index contributed by atoms with van der Waals surface area (Å²) < 4.78 is 0. The predicted octanol–water partition coefficient (Wildman–Crippen LogP) is 5.86. The van der Waals surface area contributed by atoms with Crippen LogP contribution in [0.15, 0.2) is 96.8 Å². The van der Waals surface area contributed by atoms with E-state index < -0.39 is 11.8 Å². The molecule has 8 heteroatoms. The smallest absolute Gasteiger partial charge is 0.268 e. The van der Waals surface area contributed by atoms with Crippen molar-refractivity contribution in [1.29, 1.82) is 0 Å². The molecule has 0 saturated heterocycles. The highest BCUT2D eigenvalue weighted by Gasteiger charge is 2.33. The number of benzene rings is 3. The van der Waals surface area contributed by atoms with Crippen molar-refractivity contribution in [3.05, 3.63) is 108 Å². The predicted molar refractivity (Wildman–Crippen MR) is 162 cm³/mol. The molecule has 1 N–H and O–H groups in total. The lowest BCUT2D eigenvalue weighted by Gasteiger charge is -2.29. The van der Waals surface area contributed by atoms with Crippen LogP contribution in [-0.2, 0) is 14.4 Å². The average molecular weight is 548 g/mol. The van der Waals surface area contributed by atoms with Crippen LogP contribution in [0, 0.1) is 0 Å². The van der Waals surface area contributed by atoms with Crippen LogP contribution in [0.3, 0.4) is 0 Å². The Hall–Kier alpha value is -4.98. The minimum atomic E-state index is -0.574. The fourth-order valence-corrected chi connectivity index (χ4v) is 4.90. The highest BCUT2D eigenvalue weighted by atomic mass is 16.2. The Morgan fingerprint density at radius 1 is 0.878 bits per heavy atom. The van der Waals surface area contributed by atoms with Gasteiger partial charge in [0.25, 0.3) is 11.8 Å². The summed E-state index contributed by atoms with van der Waals surface area (Å²) in [7, 11) is 0. The zero-order valence-electron chi connectivity index (χ0n) is 23.6. The molecule has 41 heavy (non-hydrogen) atoms. The number of H-pyrrole nitrogens is 1. The zero-order valence-corrected chi connectivity index (χ0v) is 23.6. The van der Waals surface area contributed by atoms with Gasteiger partial charge in [-0.2, -0.15) is 5.10 Å². The van der Waals surface area contributed by atoms with Crippen molar-refractivity contribution >= 4 is 46.1 Å². The third-order valence-corrected chi connectivity index (χ3v) is 7.08. The van der Waals surface area contributed by atoms with Gasteiger partial charge in [0.1, 0.15) is 12.1 Å². The number of anilines is 2. The molecule has 3 aromatic carbocycles. The van der Waals surface area contributed by atoms with Crippen molar-refractivity contribution in [3.63, 3.8) is 0 Å². The molecule has 5 rings (SSSR count). The number of carbonyl (C=O) groups is 3. The molecule has 2 heterocycles. The maximum absolute atomic E-state index is 13.9. The first-order valence-corrected chi connectivity index (χ1v) is 13.7. The first-order valence-electron chi connectivity index (χ1n) is 13.7. The molecule has 1 aromatic heterocycles. The molecule has 0 radical (unpaired) electrons. The standard InChI is InChI=1S/C33H33N5O3/c1-22(2)24-14-16-26(17-15-24)38(23(3)4)31(39)21-36-18-19-37(25-10-6-5-7-11-25)33(41)28(32(36)40)20-30-27-12-8-9-13-29(27)34-35-30/h5-20,22-23H,21H2,1-4H3,(H,34,35). The van der Waals surface area contributed by atoms with Crippen molar-refractivity contribution in [1.82, 2.24) is 15.1 Å². The highest BCUT2D eigenvalue weighted by molar-refractivity contribution is 6.28.